The molecule has 0 aliphatic heterocycles. The van der Waals surface area contributed by atoms with Crippen molar-refractivity contribution in [1.29, 1.82) is 0 Å². The highest BCUT2D eigenvalue weighted by atomic mass is 15.2. The number of aromatic nitrogens is 4. The average Bonchev–Trinajstić information content (AvgIpc) is 3.81. The first-order valence-electron chi connectivity index (χ1n) is 19.4. The topological polar surface area (TPSA) is 43.6 Å². The Morgan fingerprint density at radius 2 is 0.825 bits per heavy atom. The number of nitrogens with zero attached hydrogens (tertiary/aromatic N) is 4. The fourth-order valence-electron chi connectivity index (χ4n) is 8.95. The van der Waals surface area contributed by atoms with E-state index in [9.17, 15) is 0 Å². The number of rotatable bonds is 5. The lowest BCUT2D eigenvalue weighted by Crippen LogP contribution is -2.06. The maximum absolute atomic E-state index is 5.38. The molecule has 0 saturated heterocycles. The molecule has 0 N–H and O–H groups in total. The van der Waals surface area contributed by atoms with E-state index in [0.717, 1.165) is 38.7 Å². The third-order valence-corrected chi connectivity index (χ3v) is 11.6. The van der Waals surface area contributed by atoms with Gasteiger partial charge < -0.3 is 0 Å². The summed E-state index contributed by atoms with van der Waals surface area (Å²) in [7, 11) is 0. The second-order valence-corrected chi connectivity index (χ2v) is 14.8. The summed E-state index contributed by atoms with van der Waals surface area (Å²) < 4.78 is 2.29. The molecule has 0 bridgehead atoms. The second-order valence-electron chi connectivity index (χ2n) is 14.8. The van der Waals surface area contributed by atoms with Crippen molar-refractivity contribution in [2.75, 3.05) is 0 Å². The molecule has 2 aromatic heterocycles. The van der Waals surface area contributed by atoms with E-state index in [1.54, 1.807) is 0 Å². The first-order chi connectivity index (χ1) is 28.3. The lowest BCUT2D eigenvalue weighted by atomic mass is 9.97. The summed E-state index contributed by atoms with van der Waals surface area (Å²) in [6.45, 7) is 0. The van der Waals surface area contributed by atoms with E-state index in [1.165, 1.54) is 60.3 Å². The molecular formula is C53H32N4. The number of fused-ring (bicyclic) bond motifs is 9. The van der Waals surface area contributed by atoms with Crippen LogP contribution in [0.1, 0.15) is 0 Å². The third kappa shape index (κ3) is 4.91. The zero-order valence-electron chi connectivity index (χ0n) is 30.8. The van der Waals surface area contributed by atoms with Crippen molar-refractivity contribution in [3.8, 4) is 73.2 Å². The molecule has 0 fully saturated rings. The van der Waals surface area contributed by atoms with Crippen LogP contribution in [0, 0.1) is 0 Å². The Balaban J connectivity index is 1.15. The van der Waals surface area contributed by atoms with E-state index >= 15 is 0 Å². The van der Waals surface area contributed by atoms with Gasteiger partial charge in [0.2, 0.25) is 5.95 Å². The summed E-state index contributed by atoms with van der Waals surface area (Å²) in [6.07, 6.45) is 0. The van der Waals surface area contributed by atoms with Crippen molar-refractivity contribution >= 4 is 43.4 Å². The Hall–Kier alpha value is -7.69. The van der Waals surface area contributed by atoms with Crippen molar-refractivity contribution in [1.82, 2.24) is 19.5 Å². The van der Waals surface area contributed by atoms with E-state index < -0.39 is 0 Å². The van der Waals surface area contributed by atoms with Gasteiger partial charge in [-0.3, -0.25) is 4.57 Å². The first-order valence-corrected chi connectivity index (χ1v) is 19.4. The quantitative estimate of drug-likeness (QED) is 0.177. The van der Waals surface area contributed by atoms with Crippen LogP contribution in [0.2, 0.25) is 0 Å². The lowest BCUT2D eigenvalue weighted by molar-refractivity contribution is 0.955. The van der Waals surface area contributed by atoms with Crippen LogP contribution in [-0.2, 0) is 0 Å². The Morgan fingerprint density at radius 1 is 0.316 bits per heavy atom. The van der Waals surface area contributed by atoms with Crippen LogP contribution < -0.4 is 0 Å². The van der Waals surface area contributed by atoms with Crippen molar-refractivity contribution in [3.63, 3.8) is 0 Å². The summed E-state index contributed by atoms with van der Waals surface area (Å²) in [4.78, 5) is 16.0. The third-order valence-electron chi connectivity index (χ3n) is 11.6. The minimum atomic E-state index is 0.583. The summed E-state index contributed by atoms with van der Waals surface area (Å²) in [5, 5.41) is 7.22. The molecule has 4 nitrogen and oxygen atoms in total. The molecule has 2 heterocycles. The van der Waals surface area contributed by atoms with Gasteiger partial charge in [-0.25, -0.2) is 4.98 Å². The van der Waals surface area contributed by atoms with Crippen LogP contribution in [0.4, 0.5) is 0 Å². The smallest absolute Gasteiger partial charge is 0.238 e. The number of hydrogen-bond acceptors (Lipinski definition) is 3. The SMILES string of the molecule is c1ccc(-c2ccc(-c3nc(-c4ccc(-c5ccccc5)cc4)nc(-n4c5cc6c7c(cccc7c5c5ccc7ccccc7c54)-c4ccccc4-6)n3)cc2)cc1. The number of benzene rings is 9. The van der Waals surface area contributed by atoms with E-state index in [1.807, 2.05) is 12.1 Å². The lowest BCUT2D eigenvalue weighted by Gasteiger charge is -2.13. The molecule has 0 spiro atoms. The van der Waals surface area contributed by atoms with Gasteiger partial charge in [0.1, 0.15) is 0 Å². The van der Waals surface area contributed by atoms with Gasteiger partial charge in [-0.2, -0.15) is 9.97 Å². The van der Waals surface area contributed by atoms with Crippen molar-refractivity contribution in [3.05, 3.63) is 194 Å². The van der Waals surface area contributed by atoms with Gasteiger partial charge in [-0.05, 0) is 66.7 Å². The zero-order chi connectivity index (χ0) is 37.5. The highest BCUT2D eigenvalue weighted by Crippen LogP contribution is 2.51. The molecule has 12 rings (SSSR count). The standard InChI is InChI=1S/C53H32N4/c1-3-12-33(13-4-1)35-22-26-38(27-23-35)51-54-52(39-28-24-36(25-29-39)34-14-5-2-6-15-34)56-53(55-51)57-47-32-46-42-19-10-9-18-41(42)43-20-11-21-44(48(43)46)49(47)45-31-30-37-16-7-8-17-40(37)50(45)57/h1-32H. The number of hydrogen-bond donors (Lipinski definition) is 0. The van der Waals surface area contributed by atoms with Crippen LogP contribution in [0.3, 0.4) is 0 Å². The van der Waals surface area contributed by atoms with Gasteiger partial charge >= 0.3 is 0 Å². The maximum Gasteiger partial charge on any atom is 0.238 e. The highest BCUT2D eigenvalue weighted by Gasteiger charge is 2.27. The monoisotopic (exact) mass is 724 g/mol. The predicted molar refractivity (Wildman–Crippen MR) is 235 cm³/mol. The summed E-state index contributed by atoms with van der Waals surface area (Å²) in [6, 6.07) is 69.0. The van der Waals surface area contributed by atoms with Crippen molar-refractivity contribution in [2.45, 2.75) is 0 Å². The second kappa shape index (κ2) is 12.4. The normalized spacial score (nSPS) is 11.9. The van der Waals surface area contributed by atoms with Gasteiger partial charge in [0.25, 0.3) is 0 Å². The maximum atomic E-state index is 5.38. The van der Waals surface area contributed by atoms with E-state index in [2.05, 4.69) is 187 Å². The molecule has 0 atom stereocenters. The van der Waals surface area contributed by atoms with Gasteiger partial charge in [0, 0.05) is 27.3 Å². The molecule has 0 amide bonds. The van der Waals surface area contributed by atoms with Crippen LogP contribution in [-0.4, -0.2) is 19.5 Å². The van der Waals surface area contributed by atoms with Crippen molar-refractivity contribution in [2.24, 2.45) is 0 Å². The molecule has 0 unspecified atom stereocenters. The molecule has 57 heavy (non-hydrogen) atoms. The Labute approximate surface area is 329 Å². The minimum Gasteiger partial charge on any atom is -0.277 e. The molecular weight excluding hydrogens is 693 g/mol. The van der Waals surface area contributed by atoms with E-state index in [0.29, 0.717) is 17.6 Å². The molecule has 264 valence electrons. The largest absolute Gasteiger partial charge is 0.277 e. The summed E-state index contributed by atoms with van der Waals surface area (Å²) in [5.74, 6) is 1.82. The van der Waals surface area contributed by atoms with Crippen LogP contribution in [0.15, 0.2) is 194 Å². The minimum absolute atomic E-state index is 0.583. The molecule has 0 saturated carbocycles. The first kappa shape index (κ1) is 31.6. The zero-order valence-corrected chi connectivity index (χ0v) is 30.8. The van der Waals surface area contributed by atoms with E-state index in [-0.39, 0.29) is 0 Å². The Morgan fingerprint density at radius 3 is 1.47 bits per heavy atom. The Kier molecular flexibility index (Phi) is 6.89. The molecule has 9 aromatic carbocycles. The van der Waals surface area contributed by atoms with Gasteiger partial charge in [-0.15, -0.1) is 0 Å². The van der Waals surface area contributed by atoms with Crippen LogP contribution >= 0.6 is 0 Å². The highest BCUT2D eigenvalue weighted by molar-refractivity contribution is 6.31. The van der Waals surface area contributed by atoms with Crippen LogP contribution in [0.25, 0.3) is 117 Å². The van der Waals surface area contributed by atoms with E-state index in [4.69, 9.17) is 15.0 Å². The molecule has 0 radical (unpaired) electrons. The van der Waals surface area contributed by atoms with Gasteiger partial charge in [-0.1, -0.05) is 188 Å². The van der Waals surface area contributed by atoms with Crippen molar-refractivity contribution < 1.29 is 0 Å². The molecule has 1 aliphatic carbocycles. The molecule has 4 heteroatoms. The Bertz CT molecular complexity index is 3260. The average molecular weight is 725 g/mol. The molecule has 1 aliphatic rings. The summed E-state index contributed by atoms with van der Waals surface area (Å²) >= 11 is 0. The predicted octanol–water partition coefficient (Wildman–Crippen LogP) is 13.6. The summed E-state index contributed by atoms with van der Waals surface area (Å²) in [5.41, 5.74) is 13.7. The van der Waals surface area contributed by atoms with Gasteiger partial charge in [0.15, 0.2) is 11.6 Å². The van der Waals surface area contributed by atoms with Gasteiger partial charge in [0.05, 0.1) is 11.0 Å². The fraction of sp³-hybridized carbons (Fsp3) is 0. The molecule has 11 aromatic rings. The van der Waals surface area contributed by atoms with Crippen LogP contribution in [0.5, 0.6) is 0 Å². The fourth-order valence-corrected chi connectivity index (χ4v) is 8.95.